The summed E-state index contributed by atoms with van der Waals surface area (Å²) in [5, 5.41) is 0.497. The molecule has 0 saturated carbocycles. The van der Waals surface area contributed by atoms with E-state index in [9.17, 15) is 4.79 Å². The van der Waals surface area contributed by atoms with Gasteiger partial charge in [0.05, 0.1) is 0 Å². The Labute approximate surface area is 126 Å². The van der Waals surface area contributed by atoms with Crippen LogP contribution in [0.2, 0.25) is 5.15 Å². The molecule has 1 aliphatic heterocycles. The van der Waals surface area contributed by atoms with Gasteiger partial charge in [-0.25, -0.2) is 4.98 Å². The van der Waals surface area contributed by atoms with Gasteiger partial charge in [0.25, 0.3) is 0 Å². The molecular formula is C16H23ClN2O. The second-order valence-electron chi connectivity index (χ2n) is 6.66. The van der Waals surface area contributed by atoms with Crippen molar-refractivity contribution in [2.24, 2.45) is 11.3 Å². The number of carbonyl (C=O) groups is 1. The van der Waals surface area contributed by atoms with Crippen LogP contribution >= 0.6 is 11.6 Å². The molecule has 1 aromatic rings. The summed E-state index contributed by atoms with van der Waals surface area (Å²) in [6.07, 6.45) is 4.36. The molecule has 1 saturated heterocycles. The van der Waals surface area contributed by atoms with Crippen LogP contribution in [-0.4, -0.2) is 22.3 Å². The number of halogens is 1. The van der Waals surface area contributed by atoms with Gasteiger partial charge in [0.1, 0.15) is 5.15 Å². The van der Waals surface area contributed by atoms with E-state index >= 15 is 0 Å². The molecule has 2 rings (SSSR count). The number of amides is 1. The number of rotatable bonds is 2. The number of hydrogen-bond acceptors (Lipinski definition) is 2. The topological polar surface area (TPSA) is 33.2 Å². The highest BCUT2D eigenvalue weighted by Gasteiger charge is 2.30. The van der Waals surface area contributed by atoms with Crippen molar-refractivity contribution < 1.29 is 4.79 Å². The van der Waals surface area contributed by atoms with E-state index in [0.29, 0.717) is 24.0 Å². The molecule has 1 amide bonds. The van der Waals surface area contributed by atoms with Gasteiger partial charge in [-0.2, -0.15) is 0 Å². The molecule has 0 N–H and O–H groups in total. The highest BCUT2D eigenvalue weighted by Crippen LogP contribution is 2.34. The maximum absolute atomic E-state index is 12.3. The van der Waals surface area contributed by atoms with Crippen LogP contribution in [0.5, 0.6) is 0 Å². The van der Waals surface area contributed by atoms with Gasteiger partial charge < -0.3 is 4.90 Å². The Hall–Kier alpha value is -1.09. The monoisotopic (exact) mass is 294 g/mol. The van der Waals surface area contributed by atoms with E-state index in [0.717, 1.165) is 24.9 Å². The van der Waals surface area contributed by atoms with Crippen LogP contribution in [0.4, 0.5) is 0 Å². The molecule has 0 aliphatic carbocycles. The van der Waals surface area contributed by atoms with Gasteiger partial charge in [-0.3, -0.25) is 4.79 Å². The summed E-state index contributed by atoms with van der Waals surface area (Å²) in [4.78, 5) is 18.3. The van der Waals surface area contributed by atoms with Crippen LogP contribution in [0.25, 0.3) is 0 Å². The fourth-order valence-electron chi connectivity index (χ4n) is 2.81. The molecule has 1 unspecified atom stereocenters. The standard InChI is InChI=1S/C16H23ClN2O/c1-16(2,3)13-6-7-14(20)19(10-8-13)11-12-5-4-9-18-15(12)17/h4-5,9,13H,6-8,10-11H2,1-3H3. The Balaban J connectivity index is 2.06. The molecule has 110 valence electrons. The van der Waals surface area contributed by atoms with Crippen molar-refractivity contribution in [2.75, 3.05) is 6.54 Å². The van der Waals surface area contributed by atoms with Crippen LogP contribution in [0.3, 0.4) is 0 Å². The maximum Gasteiger partial charge on any atom is 0.222 e. The first-order valence-electron chi connectivity index (χ1n) is 7.25. The van der Waals surface area contributed by atoms with Gasteiger partial charge >= 0.3 is 0 Å². The summed E-state index contributed by atoms with van der Waals surface area (Å²) in [6, 6.07) is 3.80. The van der Waals surface area contributed by atoms with Gasteiger partial charge in [-0.05, 0) is 30.2 Å². The van der Waals surface area contributed by atoms with Crippen molar-refractivity contribution >= 4 is 17.5 Å². The minimum atomic E-state index is 0.233. The third kappa shape index (κ3) is 3.72. The summed E-state index contributed by atoms with van der Waals surface area (Å²) in [7, 11) is 0. The Bertz CT molecular complexity index is 482. The summed E-state index contributed by atoms with van der Waals surface area (Å²) >= 11 is 6.08. The molecular weight excluding hydrogens is 272 g/mol. The van der Waals surface area contributed by atoms with Gasteiger partial charge in [-0.15, -0.1) is 0 Å². The second kappa shape index (κ2) is 6.13. The van der Waals surface area contributed by atoms with Gasteiger partial charge in [0.2, 0.25) is 5.91 Å². The largest absolute Gasteiger partial charge is 0.338 e. The Morgan fingerprint density at radius 2 is 2.15 bits per heavy atom. The third-order valence-corrected chi connectivity index (χ3v) is 4.57. The molecule has 1 fully saturated rings. The highest BCUT2D eigenvalue weighted by molar-refractivity contribution is 6.30. The second-order valence-corrected chi connectivity index (χ2v) is 7.02. The summed E-state index contributed by atoms with van der Waals surface area (Å²) in [5.41, 5.74) is 1.19. The van der Waals surface area contributed by atoms with Crippen molar-refractivity contribution in [3.63, 3.8) is 0 Å². The van der Waals surface area contributed by atoms with Crippen molar-refractivity contribution in [1.82, 2.24) is 9.88 Å². The normalized spacial score (nSPS) is 20.9. The minimum absolute atomic E-state index is 0.233. The zero-order valence-electron chi connectivity index (χ0n) is 12.5. The maximum atomic E-state index is 12.3. The van der Waals surface area contributed by atoms with Crippen molar-refractivity contribution in [3.05, 3.63) is 29.0 Å². The zero-order chi connectivity index (χ0) is 14.8. The average Bonchev–Trinajstić information content (AvgIpc) is 2.55. The number of aromatic nitrogens is 1. The van der Waals surface area contributed by atoms with E-state index in [1.807, 2.05) is 17.0 Å². The fourth-order valence-corrected chi connectivity index (χ4v) is 2.99. The quantitative estimate of drug-likeness (QED) is 0.775. The van der Waals surface area contributed by atoms with E-state index in [2.05, 4.69) is 25.8 Å². The van der Waals surface area contributed by atoms with E-state index in [4.69, 9.17) is 11.6 Å². The number of hydrogen-bond donors (Lipinski definition) is 0. The van der Waals surface area contributed by atoms with Crippen molar-refractivity contribution in [1.29, 1.82) is 0 Å². The molecule has 20 heavy (non-hydrogen) atoms. The Morgan fingerprint density at radius 3 is 2.80 bits per heavy atom. The highest BCUT2D eigenvalue weighted by atomic mass is 35.5. The van der Waals surface area contributed by atoms with E-state index < -0.39 is 0 Å². The SMILES string of the molecule is CC(C)(C)C1CCC(=O)N(Cc2cccnc2Cl)CC1. The molecule has 4 heteroatoms. The van der Waals surface area contributed by atoms with E-state index in [-0.39, 0.29) is 11.3 Å². The summed E-state index contributed by atoms with van der Waals surface area (Å²) < 4.78 is 0. The first-order chi connectivity index (χ1) is 9.38. The number of pyridine rings is 1. The minimum Gasteiger partial charge on any atom is -0.338 e. The molecule has 0 aromatic carbocycles. The van der Waals surface area contributed by atoms with Crippen LogP contribution < -0.4 is 0 Å². The Morgan fingerprint density at radius 1 is 1.40 bits per heavy atom. The summed E-state index contributed by atoms with van der Waals surface area (Å²) in [5.74, 6) is 0.831. The zero-order valence-corrected chi connectivity index (χ0v) is 13.3. The first-order valence-corrected chi connectivity index (χ1v) is 7.63. The first kappa shape index (κ1) is 15.3. The van der Waals surface area contributed by atoms with Crippen LogP contribution in [-0.2, 0) is 11.3 Å². The Kier molecular flexibility index (Phi) is 4.69. The van der Waals surface area contributed by atoms with E-state index in [1.165, 1.54) is 0 Å². The predicted molar refractivity (Wildman–Crippen MR) is 81.5 cm³/mol. The van der Waals surface area contributed by atoms with Gasteiger partial charge in [0.15, 0.2) is 0 Å². The van der Waals surface area contributed by atoms with Gasteiger partial charge in [-0.1, -0.05) is 38.4 Å². The molecule has 0 bridgehead atoms. The molecule has 0 radical (unpaired) electrons. The lowest BCUT2D eigenvalue weighted by Gasteiger charge is -2.29. The number of nitrogens with zero attached hydrogens (tertiary/aromatic N) is 2. The van der Waals surface area contributed by atoms with Crippen molar-refractivity contribution in [3.8, 4) is 0 Å². The lowest BCUT2D eigenvalue weighted by molar-refractivity contribution is -0.131. The average molecular weight is 295 g/mol. The summed E-state index contributed by atoms with van der Waals surface area (Å²) in [6.45, 7) is 8.16. The van der Waals surface area contributed by atoms with Crippen LogP contribution in [0, 0.1) is 11.3 Å². The molecule has 1 aliphatic rings. The smallest absolute Gasteiger partial charge is 0.222 e. The molecule has 0 spiro atoms. The van der Waals surface area contributed by atoms with E-state index in [1.54, 1.807) is 6.20 Å². The molecule has 1 aromatic heterocycles. The number of likely N-dealkylation sites (tertiary alicyclic amines) is 1. The fraction of sp³-hybridized carbons (Fsp3) is 0.625. The van der Waals surface area contributed by atoms with Crippen LogP contribution in [0.1, 0.15) is 45.6 Å². The number of carbonyl (C=O) groups excluding carboxylic acids is 1. The molecule has 3 nitrogen and oxygen atoms in total. The lowest BCUT2D eigenvalue weighted by Crippen LogP contribution is -2.30. The van der Waals surface area contributed by atoms with Crippen molar-refractivity contribution in [2.45, 2.75) is 46.6 Å². The lowest BCUT2D eigenvalue weighted by atomic mass is 9.77. The van der Waals surface area contributed by atoms with Crippen LogP contribution in [0.15, 0.2) is 18.3 Å². The van der Waals surface area contributed by atoms with Gasteiger partial charge in [0, 0.05) is 31.3 Å². The predicted octanol–water partition coefficient (Wildman–Crippen LogP) is 3.91. The third-order valence-electron chi connectivity index (χ3n) is 4.23. The molecule has 1 atom stereocenters. The molecule has 2 heterocycles.